The Morgan fingerprint density at radius 2 is 1.89 bits per heavy atom. The first-order chi connectivity index (χ1) is 13.2. The van der Waals surface area contributed by atoms with Crippen LogP contribution in [0.4, 0.5) is 0 Å². The molecule has 0 saturated carbocycles. The summed E-state index contributed by atoms with van der Waals surface area (Å²) in [7, 11) is -0.548. The van der Waals surface area contributed by atoms with Crippen LogP contribution in [0.1, 0.15) is 27.2 Å². The molecule has 1 amide bonds. The lowest BCUT2D eigenvalue weighted by Gasteiger charge is -2.08. The van der Waals surface area contributed by atoms with E-state index in [1.165, 1.54) is 17.2 Å². The molecular formula is C19H22N4O4S. The SMILES string of the molecule is Cc1ccc(CNS(=O)(=O)c2cc(-c3[nH]ncc3C(=O)N(C)C)oc2C)cc1. The first-order valence-electron chi connectivity index (χ1n) is 8.60. The second kappa shape index (κ2) is 7.61. The third-order valence-electron chi connectivity index (χ3n) is 4.27. The highest BCUT2D eigenvalue weighted by atomic mass is 32.2. The molecular weight excluding hydrogens is 380 g/mol. The van der Waals surface area contributed by atoms with Crippen LogP contribution in [-0.4, -0.2) is 43.5 Å². The van der Waals surface area contributed by atoms with Crippen LogP contribution in [0.2, 0.25) is 0 Å². The maximum atomic E-state index is 12.7. The van der Waals surface area contributed by atoms with E-state index in [1.54, 1.807) is 21.0 Å². The van der Waals surface area contributed by atoms with Gasteiger partial charge >= 0.3 is 0 Å². The van der Waals surface area contributed by atoms with Crippen molar-refractivity contribution in [1.29, 1.82) is 0 Å². The number of carbonyl (C=O) groups is 1. The van der Waals surface area contributed by atoms with Crippen LogP contribution < -0.4 is 4.72 Å². The van der Waals surface area contributed by atoms with Gasteiger partial charge in [-0.25, -0.2) is 13.1 Å². The average molecular weight is 402 g/mol. The Balaban J connectivity index is 1.87. The zero-order valence-corrected chi connectivity index (χ0v) is 16.9. The number of hydrogen-bond acceptors (Lipinski definition) is 5. The predicted molar refractivity (Wildman–Crippen MR) is 104 cm³/mol. The molecule has 0 spiro atoms. The molecule has 0 unspecified atom stereocenters. The zero-order chi connectivity index (χ0) is 20.5. The summed E-state index contributed by atoms with van der Waals surface area (Å²) in [6, 6.07) is 8.98. The van der Waals surface area contributed by atoms with Gasteiger partial charge in [-0.05, 0) is 19.4 Å². The molecule has 9 heteroatoms. The number of benzene rings is 1. The highest BCUT2D eigenvalue weighted by Crippen LogP contribution is 2.29. The summed E-state index contributed by atoms with van der Waals surface area (Å²) in [5, 5.41) is 6.60. The first kappa shape index (κ1) is 19.8. The number of nitrogens with one attached hydrogen (secondary N) is 2. The summed E-state index contributed by atoms with van der Waals surface area (Å²) in [5.74, 6) is 0.194. The van der Waals surface area contributed by atoms with Crippen molar-refractivity contribution in [2.45, 2.75) is 25.3 Å². The lowest BCUT2D eigenvalue weighted by molar-refractivity contribution is 0.0828. The molecule has 0 aliphatic heterocycles. The smallest absolute Gasteiger partial charge is 0.257 e. The summed E-state index contributed by atoms with van der Waals surface area (Å²) in [4.78, 5) is 13.7. The van der Waals surface area contributed by atoms with Crippen molar-refractivity contribution in [2.24, 2.45) is 0 Å². The summed E-state index contributed by atoms with van der Waals surface area (Å²) in [5.41, 5.74) is 2.59. The molecule has 8 nitrogen and oxygen atoms in total. The molecule has 2 aromatic heterocycles. The van der Waals surface area contributed by atoms with Crippen molar-refractivity contribution in [1.82, 2.24) is 19.8 Å². The van der Waals surface area contributed by atoms with E-state index in [9.17, 15) is 13.2 Å². The van der Waals surface area contributed by atoms with Crippen molar-refractivity contribution >= 4 is 15.9 Å². The number of carbonyl (C=O) groups excluding carboxylic acids is 1. The van der Waals surface area contributed by atoms with Crippen molar-refractivity contribution in [3.8, 4) is 11.5 Å². The molecule has 3 aromatic rings. The Morgan fingerprint density at radius 1 is 1.21 bits per heavy atom. The number of H-pyrrole nitrogens is 1. The normalized spacial score (nSPS) is 11.6. The number of amides is 1. The number of furan rings is 1. The Morgan fingerprint density at radius 3 is 2.54 bits per heavy atom. The molecule has 28 heavy (non-hydrogen) atoms. The molecule has 0 saturated heterocycles. The molecule has 0 fully saturated rings. The Bertz CT molecular complexity index is 1100. The van der Waals surface area contributed by atoms with E-state index in [4.69, 9.17) is 4.42 Å². The van der Waals surface area contributed by atoms with Crippen LogP contribution in [0.25, 0.3) is 11.5 Å². The fourth-order valence-corrected chi connectivity index (χ4v) is 3.89. The fraction of sp³-hybridized carbons (Fsp3) is 0.263. The quantitative estimate of drug-likeness (QED) is 0.658. The van der Waals surface area contributed by atoms with Crippen molar-refractivity contribution < 1.29 is 17.6 Å². The third-order valence-corrected chi connectivity index (χ3v) is 5.78. The summed E-state index contributed by atoms with van der Waals surface area (Å²) in [6.45, 7) is 3.69. The van der Waals surface area contributed by atoms with Gasteiger partial charge in [-0.15, -0.1) is 0 Å². The largest absolute Gasteiger partial charge is 0.458 e. The molecule has 148 valence electrons. The zero-order valence-electron chi connectivity index (χ0n) is 16.1. The topological polar surface area (TPSA) is 108 Å². The van der Waals surface area contributed by atoms with Crippen LogP contribution in [0.15, 0.2) is 45.8 Å². The van der Waals surface area contributed by atoms with Gasteiger partial charge in [-0.1, -0.05) is 29.8 Å². The lowest BCUT2D eigenvalue weighted by Crippen LogP contribution is -2.23. The summed E-state index contributed by atoms with van der Waals surface area (Å²) >= 11 is 0. The van der Waals surface area contributed by atoms with Gasteiger partial charge in [0.25, 0.3) is 5.91 Å². The lowest BCUT2D eigenvalue weighted by atomic mass is 10.2. The second-order valence-electron chi connectivity index (χ2n) is 6.70. The van der Waals surface area contributed by atoms with Gasteiger partial charge in [0, 0.05) is 26.7 Å². The molecule has 0 aliphatic rings. The number of aryl methyl sites for hydroxylation is 2. The number of sulfonamides is 1. The minimum atomic E-state index is -3.79. The predicted octanol–water partition coefficient (Wildman–Crippen LogP) is 2.47. The number of rotatable bonds is 6. The first-order valence-corrected chi connectivity index (χ1v) is 10.1. The average Bonchev–Trinajstić information content (AvgIpc) is 3.27. The van der Waals surface area contributed by atoms with Crippen molar-refractivity contribution in [2.75, 3.05) is 14.1 Å². The molecule has 1 aromatic carbocycles. The minimum absolute atomic E-state index is 0.0208. The number of hydrogen-bond donors (Lipinski definition) is 2. The van der Waals surface area contributed by atoms with Gasteiger partial charge in [-0.2, -0.15) is 5.10 Å². The van der Waals surface area contributed by atoms with E-state index >= 15 is 0 Å². The van der Waals surface area contributed by atoms with Gasteiger partial charge in [0.15, 0.2) is 5.76 Å². The summed E-state index contributed by atoms with van der Waals surface area (Å²) < 4.78 is 33.7. The molecule has 0 aliphatic carbocycles. The highest BCUT2D eigenvalue weighted by molar-refractivity contribution is 7.89. The maximum absolute atomic E-state index is 12.7. The monoisotopic (exact) mass is 402 g/mol. The Hall–Kier alpha value is -2.91. The highest BCUT2D eigenvalue weighted by Gasteiger charge is 2.25. The Labute approximate surface area is 163 Å². The number of nitrogens with zero attached hydrogens (tertiary/aromatic N) is 2. The van der Waals surface area contributed by atoms with Crippen LogP contribution in [0.3, 0.4) is 0 Å². The van der Waals surface area contributed by atoms with Gasteiger partial charge < -0.3 is 9.32 Å². The molecule has 2 N–H and O–H groups in total. The molecule has 2 heterocycles. The van der Waals surface area contributed by atoms with Crippen LogP contribution >= 0.6 is 0 Å². The van der Waals surface area contributed by atoms with Crippen LogP contribution in [-0.2, 0) is 16.6 Å². The Kier molecular flexibility index (Phi) is 5.39. The number of aromatic amines is 1. The molecule has 0 radical (unpaired) electrons. The van der Waals surface area contributed by atoms with Gasteiger partial charge in [0.05, 0.1) is 11.8 Å². The van der Waals surface area contributed by atoms with Crippen molar-refractivity contribution in [3.63, 3.8) is 0 Å². The summed E-state index contributed by atoms with van der Waals surface area (Å²) in [6.07, 6.45) is 1.39. The van der Waals surface area contributed by atoms with Crippen molar-refractivity contribution in [3.05, 3.63) is 59.0 Å². The number of aromatic nitrogens is 2. The van der Waals surface area contributed by atoms with E-state index < -0.39 is 10.0 Å². The molecule has 0 bridgehead atoms. The second-order valence-corrected chi connectivity index (χ2v) is 8.43. The van der Waals surface area contributed by atoms with Gasteiger partial charge in [-0.3, -0.25) is 9.89 Å². The standard InChI is InChI=1S/C19H22N4O4S/c1-12-5-7-14(8-6-12)10-21-28(25,26)17-9-16(27-13(17)2)18-15(11-20-22-18)19(24)23(3)4/h5-9,11,21H,10H2,1-4H3,(H,20,22). The van der Waals surface area contributed by atoms with Crippen LogP contribution in [0, 0.1) is 13.8 Å². The van der Waals surface area contributed by atoms with E-state index in [1.807, 2.05) is 31.2 Å². The molecule has 3 rings (SSSR count). The van der Waals surface area contributed by atoms with Gasteiger partial charge in [0.2, 0.25) is 10.0 Å². The fourth-order valence-electron chi connectivity index (χ4n) is 2.69. The van der Waals surface area contributed by atoms with E-state index in [2.05, 4.69) is 14.9 Å². The maximum Gasteiger partial charge on any atom is 0.257 e. The van der Waals surface area contributed by atoms with E-state index in [0.29, 0.717) is 11.3 Å². The van der Waals surface area contributed by atoms with Crippen LogP contribution in [0.5, 0.6) is 0 Å². The third kappa shape index (κ3) is 4.00. The molecule has 0 atom stereocenters. The van der Waals surface area contributed by atoms with E-state index in [0.717, 1.165) is 11.1 Å². The van der Waals surface area contributed by atoms with E-state index in [-0.39, 0.29) is 28.9 Å². The minimum Gasteiger partial charge on any atom is -0.458 e. The van der Waals surface area contributed by atoms with Gasteiger partial charge in [0.1, 0.15) is 16.3 Å².